The van der Waals surface area contributed by atoms with Crippen molar-refractivity contribution < 1.29 is 4.79 Å². The van der Waals surface area contributed by atoms with Crippen molar-refractivity contribution in [1.29, 1.82) is 0 Å². The predicted octanol–water partition coefficient (Wildman–Crippen LogP) is 1.86. The smallest absolute Gasteiger partial charge is 0.144 e. The zero-order valence-electron chi connectivity index (χ0n) is 8.38. The molecule has 2 heterocycles. The van der Waals surface area contributed by atoms with Gasteiger partial charge in [0, 0.05) is 18.4 Å². The van der Waals surface area contributed by atoms with Gasteiger partial charge >= 0.3 is 0 Å². The maximum atomic E-state index is 12.0. The van der Waals surface area contributed by atoms with Crippen molar-refractivity contribution in [2.24, 2.45) is 5.41 Å². The lowest BCUT2D eigenvalue weighted by Crippen LogP contribution is -2.31. The van der Waals surface area contributed by atoms with Crippen LogP contribution in [0.3, 0.4) is 0 Å². The van der Waals surface area contributed by atoms with E-state index in [2.05, 4.69) is 17.6 Å². The summed E-state index contributed by atoms with van der Waals surface area (Å²) in [6.45, 7) is 3.89. The lowest BCUT2D eigenvalue weighted by atomic mass is 9.82. The van der Waals surface area contributed by atoms with Crippen molar-refractivity contribution in [2.45, 2.75) is 19.8 Å². The Bertz CT molecular complexity index is 312. The van der Waals surface area contributed by atoms with Crippen molar-refractivity contribution in [3.05, 3.63) is 22.4 Å². The fraction of sp³-hybridized carbons (Fsp3) is 0.545. The molecule has 1 aliphatic rings. The molecule has 1 N–H and O–H groups in total. The van der Waals surface area contributed by atoms with Crippen molar-refractivity contribution in [3.8, 4) is 0 Å². The lowest BCUT2D eigenvalue weighted by molar-refractivity contribution is -0.126. The number of hydrogen-bond donors (Lipinski definition) is 1. The number of thiophene rings is 1. The predicted molar refractivity (Wildman–Crippen MR) is 58.6 cm³/mol. The van der Waals surface area contributed by atoms with Gasteiger partial charge in [-0.05, 0) is 35.4 Å². The van der Waals surface area contributed by atoms with E-state index in [1.165, 1.54) is 0 Å². The first-order valence-electron chi connectivity index (χ1n) is 4.96. The van der Waals surface area contributed by atoms with Crippen LogP contribution in [0.5, 0.6) is 0 Å². The van der Waals surface area contributed by atoms with Gasteiger partial charge in [-0.3, -0.25) is 4.79 Å². The minimum atomic E-state index is -0.123. The molecule has 0 spiro atoms. The van der Waals surface area contributed by atoms with Crippen LogP contribution in [0.2, 0.25) is 0 Å². The van der Waals surface area contributed by atoms with Crippen LogP contribution in [0, 0.1) is 5.41 Å². The summed E-state index contributed by atoms with van der Waals surface area (Å²) < 4.78 is 0. The second-order valence-corrected chi connectivity index (χ2v) is 5.00. The Kier molecular flexibility index (Phi) is 2.70. The molecule has 0 aliphatic carbocycles. The average Bonchev–Trinajstić information content (AvgIpc) is 2.76. The molecule has 2 rings (SSSR count). The summed E-state index contributed by atoms with van der Waals surface area (Å²) in [4.78, 5) is 12.0. The molecule has 3 heteroatoms. The first kappa shape index (κ1) is 9.87. The van der Waals surface area contributed by atoms with Crippen molar-refractivity contribution >= 4 is 17.1 Å². The molecule has 1 atom stereocenters. The zero-order chi connectivity index (χ0) is 10.0. The number of carbonyl (C=O) groups is 1. The Balaban J connectivity index is 2.02. The molecule has 0 aromatic carbocycles. The van der Waals surface area contributed by atoms with Crippen LogP contribution in [-0.2, 0) is 11.2 Å². The zero-order valence-corrected chi connectivity index (χ0v) is 9.19. The molecular formula is C11H15NOS. The van der Waals surface area contributed by atoms with Crippen molar-refractivity contribution in [3.63, 3.8) is 0 Å². The first-order chi connectivity index (χ1) is 6.71. The summed E-state index contributed by atoms with van der Waals surface area (Å²) >= 11 is 1.66. The highest BCUT2D eigenvalue weighted by Crippen LogP contribution is 2.27. The quantitative estimate of drug-likeness (QED) is 0.823. The molecule has 1 unspecified atom stereocenters. The van der Waals surface area contributed by atoms with Gasteiger partial charge in [0.05, 0.1) is 0 Å². The third-order valence-corrected chi connectivity index (χ3v) is 3.72. The standard InChI is InChI=1S/C11H15NOS/c1-11(3-4-12-8-11)10(13)6-9-2-5-14-7-9/h2,5,7,12H,3-4,6,8H2,1H3. The molecule has 1 saturated heterocycles. The Labute approximate surface area is 88.3 Å². The van der Waals surface area contributed by atoms with Crippen LogP contribution in [0.1, 0.15) is 18.9 Å². The number of nitrogens with one attached hydrogen (secondary N) is 1. The molecule has 76 valence electrons. The van der Waals surface area contributed by atoms with Gasteiger partial charge in [0.2, 0.25) is 0 Å². The lowest BCUT2D eigenvalue weighted by Gasteiger charge is -2.20. The van der Waals surface area contributed by atoms with Gasteiger partial charge in [-0.2, -0.15) is 11.3 Å². The highest BCUT2D eigenvalue weighted by Gasteiger charge is 2.35. The summed E-state index contributed by atoms with van der Waals surface area (Å²) in [7, 11) is 0. The summed E-state index contributed by atoms with van der Waals surface area (Å²) in [5, 5.41) is 7.34. The van der Waals surface area contributed by atoms with Gasteiger partial charge in [-0.15, -0.1) is 0 Å². The minimum Gasteiger partial charge on any atom is -0.316 e. The molecule has 0 saturated carbocycles. The number of rotatable bonds is 3. The van der Waals surface area contributed by atoms with Gasteiger partial charge in [0.25, 0.3) is 0 Å². The number of hydrogen-bond acceptors (Lipinski definition) is 3. The molecule has 1 aromatic rings. The van der Waals surface area contributed by atoms with Crippen LogP contribution in [0.15, 0.2) is 16.8 Å². The van der Waals surface area contributed by atoms with E-state index in [0.29, 0.717) is 12.2 Å². The minimum absolute atomic E-state index is 0.123. The van der Waals surface area contributed by atoms with Crippen LogP contribution in [0.25, 0.3) is 0 Å². The van der Waals surface area contributed by atoms with Gasteiger partial charge in [0.15, 0.2) is 0 Å². The SMILES string of the molecule is CC1(C(=O)Cc2ccsc2)CCNC1. The number of Topliss-reactive ketones (excluding diaryl/α,β-unsaturated/α-hetero) is 1. The molecule has 0 bridgehead atoms. The topological polar surface area (TPSA) is 29.1 Å². The summed E-state index contributed by atoms with van der Waals surface area (Å²) in [6, 6.07) is 2.04. The molecule has 0 radical (unpaired) electrons. The van der Waals surface area contributed by atoms with E-state index in [0.717, 1.165) is 25.1 Å². The van der Waals surface area contributed by atoms with E-state index in [9.17, 15) is 4.79 Å². The van der Waals surface area contributed by atoms with Crippen LogP contribution in [-0.4, -0.2) is 18.9 Å². The highest BCUT2D eigenvalue weighted by atomic mass is 32.1. The highest BCUT2D eigenvalue weighted by molar-refractivity contribution is 7.07. The maximum Gasteiger partial charge on any atom is 0.144 e. The van der Waals surface area contributed by atoms with Crippen molar-refractivity contribution in [2.75, 3.05) is 13.1 Å². The normalized spacial score (nSPS) is 26.6. The van der Waals surface area contributed by atoms with Crippen LogP contribution in [0.4, 0.5) is 0 Å². The van der Waals surface area contributed by atoms with Gasteiger partial charge in [-0.1, -0.05) is 6.92 Å². The van der Waals surface area contributed by atoms with E-state index in [1.54, 1.807) is 11.3 Å². The number of carbonyl (C=O) groups excluding carboxylic acids is 1. The third-order valence-electron chi connectivity index (χ3n) is 2.99. The Morgan fingerprint density at radius 3 is 3.14 bits per heavy atom. The summed E-state index contributed by atoms with van der Waals surface area (Å²) in [6.07, 6.45) is 1.58. The van der Waals surface area contributed by atoms with E-state index in [1.807, 2.05) is 11.4 Å². The Morgan fingerprint density at radius 1 is 1.71 bits per heavy atom. The Morgan fingerprint density at radius 2 is 2.57 bits per heavy atom. The van der Waals surface area contributed by atoms with E-state index in [-0.39, 0.29) is 5.41 Å². The second kappa shape index (κ2) is 3.83. The molecule has 1 fully saturated rings. The first-order valence-corrected chi connectivity index (χ1v) is 5.90. The third kappa shape index (κ3) is 1.88. The van der Waals surface area contributed by atoms with Crippen LogP contribution >= 0.6 is 11.3 Å². The molecule has 2 nitrogen and oxygen atoms in total. The molecule has 14 heavy (non-hydrogen) atoms. The number of ketones is 1. The molecule has 0 amide bonds. The van der Waals surface area contributed by atoms with Crippen molar-refractivity contribution in [1.82, 2.24) is 5.32 Å². The van der Waals surface area contributed by atoms with E-state index >= 15 is 0 Å². The molecule has 1 aromatic heterocycles. The summed E-state index contributed by atoms with van der Waals surface area (Å²) in [5.41, 5.74) is 1.04. The van der Waals surface area contributed by atoms with Gasteiger partial charge < -0.3 is 5.32 Å². The summed E-state index contributed by atoms with van der Waals surface area (Å²) in [5.74, 6) is 0.376. The van der Waals surface area contributed by atoms with Crippen LogP contribution < -0.4 is 5.32 Å². The maximum absolute atomic E-state index is 12.0. The van der Waals surface area contributed by atoms with E-state index < -0.39 is 0 Å². The second-order valence-electron chi connectivity index (χ2n) is 4.22. The molecular weight excluding hydrogens is 194 g/mol. The fourth-order valence-electron chi connectivity index (χ4n) is 1.85. The average molecular weight is 209 g/mol. The van der Waals surface area contributed by atoms with E-state index in [4.69, 9.17) is 0 Å². The fourth-order valence-corrected chi connectivity index (χ4v) is 2.52. The Hall–Kier alpha value is -0.670. The largest absolute Gasteiger partial charge is 0.316 e. The molecule has 1 aliphatic heterocycles. The van der Waals surface area contributed by atoms with Gasteiger partial charge in [-0.25, -0.2) is 0 Å². The van der Waals surface area contributed by atoms with Gasteiger partial charge in [0.1, 0.15) is 5.78 Å². The monoisotopic (exact) mass is 209 g/mol.